The molecule has 0 aliphatic carbocycles. The zero-order valence-electron chi connectivity index (χ0n) is 18.1. The smallest absolute Gasteiger partial charge is 0.170 e. The van der Waals surface area contributed by atoms with E-state index in [0.717, 1.165) is 34.1 Å². The molecule has 0 bridgehead atoms. The second-order valence-electron chi connectivity index (χ2n) is 8.07. The van der Waals surface area contributed by atoms with E-state index >= 15 is 0 Å². The molecule has 4 heterocycles. The van der Waals surface area contributed by atoms with Crippen molar-refractivity contribution in [3.8, 4) is 5.69 Å². The van der Waals surface area contributed by atoms with Crippen LogP contribution in [0.5, 0.6) is 0 Å². The van der Waals surface area contributed by atoms with Crippen LogP contribution in [0.15, 0.2) is 71.5 Å². The summed E-state index contributed by atoms with van der Waals surface area (Å²) in [6.45, 7) is 4.72. The lowest BCUT2D eigenvalue weighted by molar-refractivity contribution is 0.286. The van der Waals surface area contributed by atoms with E-state index in [-0.39, 0.29) is 12.1 Å². The Morgan fingerprint density at radius 3 is 2.67 bits per heavy atom. The molecular formula is C25H22Cl2N4OS. The van der Waals surface area contributed by atoms with E-state index in [1.165, 1.54) is 0 Å². The second kappa shape index (κ2) is 8.86. The van der Waals surface area contributed by atoms with Crippen molar-refractivity contribution in [1.82, 2.24) is 19.8 Å². The van der Waals surface area contributed by atoms with Crippen molar-refractivity contribution in [2.75, 3.05) is 0 Å². The van der Waals surface area contributed by atoms with Gasteiger partial charge >= 0.3 is 0 Å². The van der Waals surface area contributed by atoms with Crippen molar-refractivity contribution in [3.63, 3.8) is 0 Å². The van der Waals surface area contributed by atoms with E-state index in [1.807, 2.05) is 42.5 Å². The van der Waals surface area contributed by atoms with Gasteiger partial charge in [0.1, 0.15) is 5.76 Å². The minimum atomic E-state index is -0.113. The molecule has 3 aromatic heterocycles. The number of thiocarbonyl (C=S) groups is 1. The molecule has 5 rings (SSSR count). The maximum atomic E-state index is 6.59. The summed E-state index contributed by atoms with van der Waals surface area (Å²) in [5, 5.41) is 5.21. The minimum absolute atomic E-state index is 0.0876. The number of benzene rings is 1. The first kappa shape index (κ1) is 22.0. The third-order valence-electron chi connectivity index (χ3n) is 6.07. The van der Waals surface area contributed by atoms with E-state index in [9.17, 15) is 0 Å². The highest BCUT2D eigenvalue weighted by Crippen LogP contribution is 2.43. The molecule has 1 aromatic carbocycles. The van der Waals surface area contributed by atoms with Gasteiger partial charge in [0.15, 0.2) is 5.11 Å². The molecule has 5 nitrogen and oxygen atoms in total. The number of hydrogen-bond acceptors (Lipinski definition) is 3. The standard InChI is InChI=1S/C25H22Cl2N4OS/c1-15-13-18(16(2)31(15)21-10-5-8-19(26)22(21)27)24-23(20-9-3-4-11-28-20)29-25(33)30(24)14-17-7-6-12-32-17/h3-13,23-24H,14H2,1-2H3,(H,29,33)/t23-,24-/m0/s1. The summed E-state index contributed by atoms with van der Waals surface area (Å²) < 4.78 is 7.79. The van der Waals surface area contributed by atoms with E-state index < -0.39 is 0 Å². The van der Waals surface area contributed by atoms with E-state index in [4.69, 9.17) is 39.8 Å². The van der Waals surface area contributed by atoms with Gasteiger partial charge < -0.3 is 19.2 Å². The lowest BCUT2D eigenvalue weighted by Crippen LogP contribution is -2.29. The van der Waals surface area contributed by atoms with Crippen LogP contribution < -0.4 is 5.32 Å². The molecule has 168 valence electrons. The number of nitrogens with one attached hydrogen (secondary N) is 1. The molecule has 0 radical (unpaired) electrons. The summed E-state index contributed by atoms with van der Waals surface area (Å²) in [5.74, 6) is 0.845. The van der Waals surface area contributed by atoms with Crippen LogP contribution in [0.2, 0.25) is 10.0 Å². The second-order valence-corrected chi connectivity index (χ2v) is 9.24. The molecule has 4 aromatic rings. The molecule has 0 saturated carbocycles. The third kappa shape index (κ3) is 3.92. The van der Waals surface area contributed by atoms with Crippen molar-refractivity contribution in [2.45, 2.75) is 32.5 Å². The Labute approximate surface area is 207 Å². The number of aryl methyl sites for hydroxylation is 1. The Bertz CT molecular complexity index is 1300. The van der Waals surface area contributed by atoms with E-state index in [2.05, 4.69) is 39.7 Å². The van der Waals surface area contributed by atoms with Gasteiger partial charge in [0.05, 0.1) is 46.3 Å². The number of nitrogens with zero attached hydrogens (tertiary/aromatic N) is 3. The van der Waals surface area contributed by atoms with Gasteiger partial charge in [-0.05, 0) is 74.1 Å². The number of aromatic nitrogens is 2. The fraction of sp³-hybridized carbons (Fsp3) is 0.200. The first-order valence-electron chi connectivity index (χ1n) is 10.6. The number of rotatable bonds is 5. The monoisotopic (exact) mass is 496 g/mol. The van der Waals surface area contributed by atoms with Gasteiger partial charge in [0, 0.05) is 17.6 Å². The van der Waals surface area contributed by atoms with Gasteiger partial charge in [-0.2, -0.15) is 0 Å². The van der Waals surface area contributed by atoms with Crippen LogP contribution in [-0.4, -0.2) is 19.6 Å². The molecular weight excluding hydrogens is 475 g/mol. The quantitative estimate of drug-likeness (QED) is 0.317. The fourth-order valence-electron chi connectivity index (χ4n) is 4.61. The summed E-state index contributed by atoms with van der Waals surface area (Å²) in [7, 11) is 0. The predicted molar refractivity (Wildman–Crippen MR) is 135 cm³/mol. The van der Waals surface area contributed by atoms with Crippen molar-refractivity contribution in [1.29, 1.82) is 0 Å². The number of pyridine rings is 1. The first-order valence-corrected chi connectivity index (χ1v) is 11.8. The molecule has 33 heavy (non-hydrogen) atoms. The lowest BCUT2D eigenvalue weighted by atomic mass is 9.96. The Morgan fingerprint density at radius 1 is 1.09 bits per heavy atom. The van der Waals surface area contributed by atoms with Gasteiger partial charge in [0.25, 0.3) is 0 Å². The molecule has 2 atom stereocenters. The number of halogens is 2. The molecule has 0 spiro atoms. The number of furan rings is 1. The molecule has 0 amide bonds. The molecule has 1 N–H and O–H groups in total. The summed E-state index contributed by atoms with van der Waals surface area (Å²) in [6, 6.07) is 17.5. The Balaban J connectivity index is 1.65. The average Bonchev–Trinajstić information content (AvgIpc) is 3.51. The van der Waals surface area contributed by atoms with Crippen molar-refractivity contribution < 1.29 is 4.42 Å². The lowest BCUT2D eigenvalue weighted by Gasteiger charge is -2.27. The van der Waals surface area contributed by atoms with Gasteiger partial charge in [-0.1, -0.05) is 35.3 Å². The van der Waals surface area contributed by atoms with Gasteiger partial charge in [-0.3, -0.25) is 4.98 Å². The molecule has 1 aliphatic rings. The molecule has 8 heteroatoms. The topological polar surface area (TPSA) is 46.2 Å². The van der Waals surface area contributed by atoms with Crippen molar-refractivity contribution in [3.05, 3.63) is 106 Å². The summed E-state index contributed by atoms with van der Waals surface area (Å²) in [4.78, 5) is 6.79. The predicted octanol–water partition coefficient (Wildman–Crippen LogP) is 6.56. The maximum absolute atomic E-state index is 6.59. The summed E-state index contributed by atoms with van der Waals surface area (Å²) >= 11 is 18.7. The third-order valence-corrected chi connectivity index (χ3v) is 7.23. The summed E-state index contributed by atoms with van der Waals surface area (Å²) in [6.07, 6.45) is 3.49. The Hall–Kier alpha value is -2.80. The highest BCUT2D eigenvalue weighted by atomic mass is 35.5. The van der Waals surface area contributed by atoms with E-state index in [1.54, 1.807) is 18.5 Å². The normalized spacial score (nSPS) is 18.1. The van der Waals surface area contributed by atoms with Gasteiger partial charge in [-0.25, -0.2) is 0 Å². The maximum Gasteiger partial charge on any atom is 0.170 e. The SMILES string of the molecule is Cc1cc([C@H]2[C@H](c3ccccn3)NC(=S)N2Cc2ccco2)c(C)n1-c1cccc(Cl)c1Cl. The largest absolute Gasteiger partial charge is 0.467 e. The van der Waals surface area contributed by atoms with Crippen LogP contribution >= 0.6 is 35.4 Å². The van der Waals surface area contributed by atoms with Crippen LogP contribution in [0.25, 0.3) is 5.69 Å². The fourth-order valence-corrected chi connectivity index (χ4v) is 5.29. The van der Waals surface area contributed by atoms with Crippen LogP contribution in [0.3, 0.4) is 0 Å². The van der Waals surface area contributed by atoms with Gasteiger partial charge in [-0.15, -0.1) is 0 Å². The van der Waals surface area contributed by atoms with Crippen molar-refractivity contribution >= 4 is 40.5 Å². The molecule has 1 aliphatic heterocycles. The Morgan fingerprint density at radius 2 is 1.94 bits per heavy atom. The first-order chi connectivity index (χ1) is 16.0. The summed E-state index contributed by atoms with van der Waals surface area (Å²) in [5.41, 5.74) is 5.04. The van der Waals surface area contributed by atoms with Crippen LogP contribution in [0.1, 0.15) is 40.5 Å². The van der Waals surface area contributed by atoms with Crippen LogP contribution in [-0.2, 0) is 6.54 Å². The highest BCUT2D eigenvalue weighted by molar-refractivity contribution is 7.80. The number of hydrogen-bond donors (Lipinski definition) is 1. The van der Waals surface area contributed by atoms with Crippen molar-refractivity contribution in [2.24, 2.45) is 0 Å². The highest BCUT2D eigenvalue weighted by Gasteiger charge is 2.41. The van der Waals surface area contributed by atoms with Crippen LogP contribution in [0.4, 0.5) is 0 Å². The average molecular weight is 497 g/mol. The molecule has 0 unspecified atom stereocenters. The minimum Gasteiger partial charge on any atom is -0.467 e. The van der Waals surface area contributed by atoms with Gasteiger partial charge in [0.2, 0.25) is 0 Å². The zero-order valence-corrected chi connectivity index (χ0v) is 20.5. The zero-order chi connectivity index (χ0) is 23.1. The van der Waals surface area contributed by atoms with E-state index in [0.29, 0.717) is 21.7 Å². The Kier molecular flexibility index (Phi) is 5.91. The molecule has 1 saturated heterocycles. The molecule has 1 fully saturated rings. The van der Waals surface area contributed by atoms with Crippen LogP contribution in [0, 0.1) is 13.8 Å².